The maximum absolute atomic E-state index is 14.4. The average Bonchev–Trinajstić information content (AvgIpc) is 3.18. The van der Waals surface area contributed by atoms with Crippen LogP contribution in [0.25, 0.3) is 11.3 Å². The number of halogens is 4. The monoisotopic (exact) mass is 475 g/mol. The number of carbonyl (C=O) groups excluding carboxylic acids is 1. The Labute approximate surface area is 195 Å². The summed E-state index contributed by atoms with van der Waals surface area (Å²) in [6.45, 7) is 3.89. The van der Waals surface area contributed by atoms with E-state index in [4.69, 9.17) is 16.7 Å². The molecular weight excluding hydrogens is 451 g/mol. The predicted octanol–water partition coefficient (Wildman–Crippen LogP) is 6.23. The third-order valence-electron chi connectivity index (χ3n) is 6.37. The van der Waals surface area contributed by atoms with Crippen LogP contribution in [0.4, 0.5) is 13.2 Å². The first-order valence-corrected chi connectivity index (χ1v) is 11.4. The van der Waals surface area contributed by atoms with Crippen LogP contribution >= 0.6 is 11.6 Å². The van der Waals surface area contributed by atoms with Crippen LogP contribution in [0, 0.1) is 37.2 Å². The van der Waals surface area contributed by atoms with Gasteiger partial charge in [0.25, 0.3) is 5.91 Å². The van der Waals surface area contributed by atoms with Crippen LogP contribution in [0.1, 0.15) is 47.3 Å². The molecule has 0 unspecified atom stereocenters. The summed E-state index contributed by atoms with van der Waals surface area (Å²) in [7, 11) is 0. The van der Waals surface area contributed by atoms with Crippen molar-refractivity contribution in [3.63, 3.8) is 0 Å². The first-order valence-electron chi connectivity index (χ1n) is 11.0. The smallest absolute Gasteiger partial charge is 0.256 e. The number of aromatic nitrogens is 2. The van der Waals surface area contributed by atoms with Crippen LogP contribution in [0.15, 0.2) is 36.4 Å². The summed E-state index contributed by atoms with van der Waals surface area (Å²) in [4.78, 5) is 12.6. The Bertz CT molecular complexity index is 1140. The second kappa shape index (κ2) is 9.59. The molecule has 0 bridgehead atoms. The number of hydrogen-bond donors (Lipinski definition) is 1. The summed E-state index contributed by atoms with van der Waals surface area (Å²) in [6.07, 6.45) is 3.12. The molecule has 1 N–H and O–H groups in total. The van der Waals surface area contributed by atoms with Gasteiger partial charge in [-0.15, -0.1) is 0 Å². The molecule has 1 heterocycles. The lowest BCUT2D eigenvalue weighted by molar-refractivity contribution is 0.0915. The van der Waals surface area contributed by atoms with Crippen molar-refractivity contribution in [3.8, 4) is 11.3 Å². The second-order valence-corrected chi connectivity index (χ2v) is 9.04. The highest BCUT2D eigenvalue weighted by atomic mass is 35.5. The molecule has 1 saturated carbocycles. The highest BCUT2D eigenvalue weighted by molar-refractivity contribution is 6.34. The Hall–Kier alpha value is -2.80. The minimum absolute atomic E-state index is 0.184. The SMILES string of the molecule is Cc1c(F)c(F)c(Cl)c(C(=O)NC2CCC(Cn3nc(-c4ccccc4)cc3C)CC2)c1F. The number of hydrogen-bond acceptors (Lipinski definition) is 2. The predicted molar refractivity (Wildman–Crippen MR) is 122 cm³/mol. The highest BCUT2D eigenvalue weighted by Gasteiger charge is 2.29. The summed E-state index contributed by atoms with van der Waals surface area (Å²) >= 11 is 5.74. The first kappa shape index (κ1) is 23.4. The molecule has 4 nitrogen and oxygen atoms in total. The number of rotatable bonds is 5. The van der Waals surface area contributed by atoms with Gasteiger partial charge in [0.15, 0.2) is 11.6 Å². The van der Waals surface area contributed by atoms with Gasteiger partial charge in [-0.3, -0.25) is 9.48 Å². The zero-order valence-corrected chi connectivity index (χ0v) is 19.2. The third kappa shape index (κ3) is 4.78. The fourth-order valence-electron chi connectivity index (χ4n) is 4.39. The molecule has 4 rings (SSSR count). The number of amides is 1. The Morgan fingerprint density at radius 1 is 1.06 bits per heavy atom. The lowest BCUT2D eigenvalue weighted by Crippen LogP contribution is -2.39. The molecule has 1 fully saturated rings. The molecule has 0 radical (unpaired) electrons. The van der Waals surface area contributed by atoms with E-state index < -0.39 is 39.5 Å². The quantitative estimate of drug-likeness (QED) is 0.351. The van der Waals surface area contributed by atoms with Gasteiger partial charge >= 0.3 is 0 Å². The van der Waals surface area contributed by atoms with Crippen molar-refractivity contribution >= 4 is 17.5 Å². The number of nitrogens with one attached hydrogen (secondary N) is 1. The second-order valence-electron chi connectivity index (χ2n) is 8.67. The standard InChI is InChI=1S/C25H25ClF3N3O/c1-14-12-19(17-6-4-3-5-7-17)31-32(14)13-16-8-10-18(11-9-16)30-25(33)20-21(26)24(29)23(28)15(2)22(20)27/h3-7,12,16,18H,8-11,13H2,1-2H3,(H,30,33). The van der Waals surface area contributed by atoms with Gasteiger partial charge in [0.1, 0.15) is 5.82 Å². The summed E-state index contributed by atoms with van der Waals surface area (Å²) in [6, 6.07) is 11.9. The van der Waals surface area contributed by atoms with Gasteiger partial charge in [0.2, 0.25) is 0 Å². The molecule has 1 aliphatic carbocycles. The first-order chi connectivity index (χ1) is 15.8. The normalized spacial score (nSPS) is 18.4. The van der Waals surface area contributed by atoms with Crippen molar-refractivity contribution in [3.05, 3.63) is 75.7 Å². The number of nitrogens with zero attached hydrogens (tertiary/aromatic N) is 2. The van der Waals surface area contributed by atoms with Gasteiger partial charge in [-0.2, -0.15) is 5.10 Å². The maximum atomic E-state index is 14.4. The van der Waals surface area contributed by atoms with Crippen LogP contribution in [0.5, 0.6) is 0 Å². The molecule has 1 aliphatic rings. The molecule has 0 spiro atoms. The molecule has 1 amide bonds. The van der Waals surface area contributed by atoms with Crippen molar-refractivity contribution in [1.29, 1.82) is 0 Å². The fraction of sp³-hybridized carbons (Fsp3) is 0.360. The van der Waals surface area contributed by atoms with E-state index in [2.05, 4.69) is 11.4 Å². The minimum Gasteiger partial charge on any atom is -0.349 e. The number of aryl methyl sites for hydroxylation is 1. The maximum Gasteiger partial charge on any atom is 0.256 e. The zero-order valence-electron chi connectivity index (χ0n) is 18.5. The number of carbonyl (C=O) groups is 1. The highest BCUT2D eigenvalue weighted by Crippen LogP contribution is 2.31. The van der Waals surface area contributed by atoms with E-state index in [9.17, 15) is 18.0 Å². The van der Waals surface area contributed by atoms with Crippen molar-refractivity contribution in [2.45, 2.75) is 52.1 Å². The van der Waals surface area contributed by atoms with Crippen molar-refractivity contribution in [2.75, 3.05) is 0 Å². The Morgan fingerprint density at radius 2 is 1.73 bits per heavy atom. The van der Waals surface area contributed by atoms with Crippen molar-refractivity contribution < 1.29 is 18.0 Å². The topological polar surface area (TPSA) is 46.9 Å². The van der Waals surface area contributed by atoms with Crippen molar-refractivity contribution in [1.82, 2.24) is 15.1 Å². The molecule has 0 atom stereocenters. The molecule has 2 aromatic carbocycles. The molecule has 8 heteroatoms. The Morgan fingerprint density at radius 3 is 2.39 bits per heavy atom. The Kier molecular flexibility index (Phi) is 6.79. The molecule has 1 aromatic heterocycles. The van der Waals surface area contributed by atoms with Crippen LogP contribution < -0.4 is 5.32 Å². The largest absolute Gasteiger partial charge is 0.349 e. The van der Waals surface area contributed by atoms with E-state index >= 15 is 0 Å². The van der Waals surface area contributed by atoms with Gasteiger partial charge in [-0.05, 0) is 51.5 Å². The van der Waals surface area contributed by atoms with Gasteiger partial charge in [0, 0.05) is 29.4 Å². The zero-order chi connectivity index (χ0) is 23.7. The van der Waals surface area contributed by atoms with E-state index in [-0.39, 0.29) is 6.04 Å². The van der Waals surface area contributed by atoms with E-state index in [1.807, 2.05) is 41.9 Å². The van der Waals surface area contributed by atoms with E-state index in [1.165, 1.54) is 0 Å². The van der Waals surface area contributed by atoms with Crippen LogP contribution in [0.2, 0.25) is 5.02 Å². The molecule has 0 saturated heterocycles. The molecule has 33 heavy (non-hydrogen) atoms. The van der Waals surface area contributed by atoms with E-state index in [1.54, 1.807) is 0 Å². The van der Waals surface area contributed by atoms with Crippen LogP contribution in [-0.4, -0.2) is 21.7 Å². The summed E-state index contributed by atoms with van der Waals surface area (Å²) in [5.74, 6) is -4.34. The van der Waals surface area contributed by atoms with Gasteiger partial charge in [-0.25, -0.2) is 13.2 Å². The van der Waals surface area contributed by atoms with Crippen molar-refractivity contribution in [2.24, 2.45) is 5.92 Å². The van der Waals surface area contributed by atoms with Crippen LogP contribution in [0.3, 0.4) is 0 Å². The van der Waals surface area contributed by atoms with E-state index in [0.29, 0.717) is 18.8 Å². The lowest BCUT2D eigenvalue weighted by Gasteiger charge is -2.29. The Balaban J connectivity index is 1.37. The summed E-state index contributed by atoms with van der Waals surface area (Å²) in [5.41, 5.74) is 1.90. The van der Waals surface area contributed by atoms with Gasteiger partial charge < -0.3 is 5.32 Å². The third-order valence-corrected chi connectivity index (χ3v) is 6.73. The molecular formula is C25H25ClF3N3O. The van der Waals surface area contributed by atoms with E-state index in [0.717, 1.165) is 43.3 Å². The molecule has 174 valence electrons. The summed E-state index contributed by atoms with van der Waals surface area (Å²) < 4.78 is 44.0. The molecule has 3 aromatic rings. The van der Waals surface area contributed by atoms with Gasteiger partial charge in [-0.1, -0.05) is 41.9 Å². The minimum atomic E-state index is -1.41. The summed E-state index contributed by atoms with van der Waals surface area (Å²) in [5, 5.41) is 6.66. The lowest BCUT2D eigenvalue weighted by atomic mass is 9.86. The fourth-order valence-corrected chi connectivity index (χ4v) is 4.64. The van der Waals surface area contributed by atoms with Crippen LogP contribution in [-0.2, 0) is 6.54 Å². The average molecular weight is 476 g/mol. The van der Waals surface area contributed by atoms with Gasteiger partial charge in [0.05, 0.1) is 16.3 Å². The molecule has 0 aliphatic heterocycles. The number of benzene rings is 2.